The Morgan fingerprint density at radius 2 is 1.77 bits per heavy atom. The van der Waals surface area contributed by atoms with Crippen LogP contribution < -0.4 is 24.8 Å². The third-order valence-corrected chi connectivity index (χ3v) is 14.1. The predicted molar refractivity (Wildman–Crippen MR) is 206 cm³/mol. The maximum absolute atomic E-state index is 14.8. The van der Waals surface area contributed by atoms with Gasteiger partial charge in [0.15, 0.2) is 0 Å². The van der Waals surface area contributed by atoms with E-state index in [4.69, 9.17) is 14.2 Å². The summed E-state index contributed by atoms with van der Waals surface area (Å²) in [6, 6.07) is 3.60. The van der Waals surface area contributed by atoms with E-state index in [9.17, 15) is 49.5 Å². The first-order valence-electron chi connectivity index (χ1n) is 19.8. The van der Waals surface area contributed by atoms with Crippen molar-refractivity contribution in [1.29, 1.82) is 0 Å². The molecule has 6 rings (SSSR count). The molecule has 3 fully saturated rings. The minimum atomic E-state index is -4.95. The van der Waals surface area contributed by atoms with Gasteiger partial charge in [-0.15, -0.1) is 0 Å². The molecule has 1 aromatic carbocycles. The molecule has 7 atom stereocenters. The van der Waals surface area contributed by atoms with E-state index in [1.807, 2.05) is 13.0 Å². The van der Waals surface area contributed by atoms with Gasteiger partial charge in [0.25, 0.3) is 12.3 Å². The highest BCUT2D eigenvalue weighted by Gasteiger charge is 2.63. The molecule has 14 nitrogen and oxygen atoms in total. The molecule has 2 aliphatic heterocycles. The average Bonchev–Trinajstić information content (AvgIpc) is 4.04. The van der Waals surface area contributed by atoms with Crippen molar-refractivity contribution in [3.8, 4) is 11.6 Å². The molecule has 1 aromatic heterocycles. The van der Waals surface area contributed by atoms with E-state index in [0.29, 0.717) is 56.7 Å². The van der Waals surface area contributed by atoms with E-state index in [0.717, 1.165) is 4.90 Å². The summed E-state index contributed by atoms with van der Waals surface area (Å²) in [5.74, 6) is -3.94. The zero-order valence-corrected chi connectivity index (χ0v) is 34.6. The number of amides is 4. The summed E-state index contributed by atoms with van der Waals surface area (Å²) >= 11 is 0. The van der Waals surface area contributed by atoms with Crippen LogP contribution in [0.1, 0.15) is 79.6 Å². The Morgan fingerprint density at radius 1 is 1.08 bits per heavy atom. The molecule has 3 heterocycles. The van der Waals surface area contributed by atoms with E-state index in [2.05, 4.69) is 20.3 Å². The third kappa shape index (κ3) is 9.42. The second-order valence-corrected chi connectivity index (χ2v) is 19.4. The number of alkyl halides is 5. The van der Waals surface area contributed by atoms with Gasteiger partial charge in [-0.25, -0.2) is 27.0 Å². The molecule has 330 valence electrons. The van der Waals surface area contributed by atoms with Gasteiger partial charge in [0.05, 0.1) is 17.5 Å². The Bertz CT molecular complexity index is 2130. The van der Waals surface area contributed by atoms with Gasteiger partial charge in [-0.3, -0.25) is 19.1 Å². The van der Waals surface area contributed by atoms with Crippen LogP contribution in [0.25, 0.3) is 10.8 Å². The van der Waals surface area contributed by atoms with Crippen LogP contribution in [-0.4, -0.2) is 102 Å². The Kier molecular flexibility index (Phi) is 12.4. The van der Waals surface area contributed by atoms with Crippen molar-refractivity contribution in [2.75, 3.05) is 13.2 Å². The maximum Gasteiger partial charge on any atom is 0.427 e. The number of ether oxygens (including phenoxy) is 3. The molecule has 0 radical (unpaired) electrons. The maximum atomic E-state index is 14.8. The molecule has 2 aromatic rings. The molecular weight excluding hydrogens is 822 g/mol. The first-order chi connectivity index (χ1) is 28.0. The zero-order chi connectivity index (χ0) is 44.0. The number of hydrogen-bond acceptors (Lipinski definition) is 10. The number of hydrogen-bond donors (Lipinski definition) is 3. The second-order valence-electron chi connectivity index (χ2n) is 17.2. The average molecular weight is 872 g/mol. The summed E-state index contributed by atoms with van der Waals surface area (Å²) in [5.41, 5.74) is -4.62. The fourth-order valence-electron chi connectivity index (χ4n) is 7.70. The Labute approximate surface area is 344 Å². The molecule has 3 N–H and O–H groups in total. The summed E-state index contributed by atoms with van der Waals surface area (Å²) < 4.78 is 111. The number of aromatic nitrogens is 1. The lowest BCUT2D eigenvalue weighted by atomic mass is 9.88. The molecular formula is C40H50F5N5O9S. The van der Waals surface area contributed by atoms with Crippen LogP contribution in [0.4, 0.5) is 26.7 Å². The molecule has 60 heavy (non-hydrogen) atoms. The summed E-state index contributed by atoms with van der Waals surface area (Å²) in [4.78, 5) is 61.7. The SMILES string of the molecule is C[C@@H]1CC/C=C\[C@@H]2C[C@@]2(C(=O)NS(=O)(=O)C2(C)CC2)NC(=O)[C@@H]2C[C@@H](Oc3ncc(OCC(F)F)c4ccccc34)CN2C(=O)C(NC(=O)OC(C)(C)C(F)(F)F)[C@H](C)C1. The van der Waals surface area contributed by atoms with Crippen LogP contribution in [0, 0.1) is 17.8 Å². The van der Waals surface area contributed by atoms with Crippen molar-refractivity contribution >= 4 is 44.6 Å². The topological polar surface area (TPSA) is 182 Å². The number of pyridine rings is 1. The zero-order valence-electron chi connectivity index (χ0n) is 33.8. The van der Waals surface area contributed by atoms with Gasteiger partial charge < -0.3 is 29.7 Å². The fourth-order valence-corrected chi connectivity index (χ4v) is 9.02. The van der Waals surface area contributed by atoms with Gasteiger partial charge in [0.1, 0.15) is 36.1 Å². The van der Waals surface area contributed by atoms with Gasteiger partial charge in [-0.1, -0.05) is 44.2 Å². The number of nitrogens with zero attached hydrogens (tertiary/aromatic N) is 2. The van der Waals surface area contributed by atoms with E-state index < -0.39 is 99.0 Å². The van der Waals surface area contributed by atoms with E-state index >= 15 is 0 Å². The van der Waals surface area contributed by atoms with Gasteiger partial charge in [0, 0.05) is 23.1 Å². The summed E-state index contributed by atoms with van der Waals surface area (Å²) in [6.07, 6.45) is -3.49. The highest BCUT2D eigenvalue weighted by atomic mass is 32.2. The molecule has 1 saturated heterocycles. The number of alkyl carbamates (subject to hydrolysis) is 1. The highest BCUT2D eigenvalue weighted by molar-refractivity contribution is 7.91. The Hall–Kier alpha value is -4.75. The second kappa shape index (κ2) is 16.6. The molecule has 2 saturated carbocycles. The van der Waals surface area contributed by atoms with Crippen molar-refractivity contribution in [1.82, 2.24) is 25.2 Å². The van der Waals surface area contributed by atoms with Crippen LogP contribution in [0.15, 0.2) is 42.6 Å². The summed E-state index contributed by atoms with van der Waals surface area (Å²) in [7, 11) is -4.12. The molecule has 4 amide bonds. The predicted octanol–water partition coefficient (Wildman–Crippen LogP) is 5.55. The number of sulfonamides is 1. The first-order valence-corrected chi connectivity index (χ1v) is 21.3. The number of nitrogens with one attached hydrogen (secondary N) is 3. The molecule has 20 heteroatoms. The highest BCUT2D eigenvalue weighted by Crippen LogP contribution is 2.48. The van der Waals surface area contributed by atoms with E-state index in [-0.39, 0.29) is 36.9 Å². The van der Waals surface area contributed by atoms with Gasteiger partial charge in [-0.05, 0) is 77.2 Å². The smallest absolute Gasteiger partial charge is 0.427 e. The van der Waals surface area contributed by atoms with Crippen molar-refractivity contribution in [3.05, 3.63) is 42.6 Å². The Balaban J connectivity index is 1.35. The van der Waals surface area contributed by atoms with Crippen LogP contribution in [0.5, 0.6) is 11.6 Å². The molecule has 2 aliphatic carbocycles. The fraction of sp³-hybridized carbons (Fsp3) is 0.625. The number of fused-ring (bicyclic) bond motifs is 3. The number of carbonyl (C=O) groups is 4. The lowest BCUT2D eigenvalue weighted by Gasteiger charge is -2.34. The van der Waals surface area contributed by atoms with Crippen LogP contribution in [-0.2, 0) is 29.1 Å². The van der Waals surface area contributed by atoms with Crippen molar-refractivity contribution in [2.24, 2.45) is 17.8 Å². The molecule has 0 bridgehead atoms. The number of halogens is 5. The minimum Gasteiger partial charge on any atom is -0.485 e. The summed E-state index contributed by atoms with van der Waals surface area (Å²) in [5, 5.41) is 5.82. The van der Waals surface area contributed by atoms with Gasteiger partial charge >= 0.3 is 12.3 Å². The molecule has 1 unspecified atom stereocenters. The lowest BCUT2D eigenvalue weighted by molar-refractivity contribution is -0.244. The standard InChI is InChI=1S/C40H50F5N5O9S/c1-22-10-6-7-11-24-18-39(24,35(53)49-60(55,56)38(5)14-15-38)48-32(51)28-17-25(58-33-27-13-9-8-12-26(27)29(19-46-33)57-21-30(41)42)20-50(28)34(52)31(23(2)16-22)47-36(54)59-37(3,4)40(43,44)45/h7-9,11-13,19,22-25,28,30-31H,6,10,14-18,20-21H2,1-5H3,(H,47,54)(H,48,51)(H,49,53)/b11-7-/t22-,23-,24-,25-,28+,31?,39-/m1/s1. The van der Waals surface area contributed by atoms with Crippen molar-refractivity contribution in [2.45, 2.75) is 126 Å². The number of allylic oxidation sites excluding steroid dienone is 1. The quantitative estimate of drug-likeness (QED) is 0.202. The summed E-state index contributed by atoms with van der Waals surface area (Å²) in [6.45, 7) is 5.18. The van der Waals surface area contributed by atoms with Crippen LogP contribution in [0.2, 0.25) is 0 Å². The molecule has 4 aliphatic rings. The lowest BCUT2D eigenvalue weighted by Crippen LogP contribution is -2.59. The van der Waals surface area contributed by atoms with Crippen molar-refractivity contribution < 1.29 is 63.8 Å². The largest absolute Gasteiger partial charge is 0.485 e. The minimum absolute atomic E-state index is 0.00689. The van der Waals surface area contributed by atoms with Crippen molar-refractivity contribution in [3.63, 3.8) is 0 Å². The number of rotatable bonds is 10. The van der Waals surface area contributed by atoms with Crippen LogP contribution in [0.3, 0.4) is 0 Å². The first kappa shape index (κ1) is 44.8. The number of carbonyl (C=O) groups excluding carboxylic acids is 4. The van der Waals surface area contributed by atoms with Gasteiger partial charge in [0.2, 0.25) is 33.3 Å². The third-order valence-electron chi connectivity index (χ3n) is 11.9. The molecule has 0 spiro atoms. The van der Waals surface area contributed by atoms with E-state index in [1.165, 1.54) is 13.1 Å². The normalized spacial score (nSPS) is 28.9. The monoisotopic (exact) mass is 871 g/mol. The Morgan fingerprint density at radius 3 is 2.42 bits per heavy atom. The van der Waals surface area contributed by atoms with Gasteiger partial charge in [-0.2, -0.15) is 13.2 Å². The van der Waals surface area contributed by atoms with E-state index in [1.54, 1.807) is 37.3 Å². The number of benzene rings is 1. The van der Waals surface area contributed by atoms with Crippen LogP contribution >= 0.6 is 0 Å².